The van der Waals surface area contributed by atoms with Crippen LogP contribution in [0.5, 0.6) is 0 Å². The average molecular weight is 413 g/mol. The van der Waals surface area contributed by atoms with E-state index in [9.17, 15) is 20.1 Å². The van der Waals surface area contributed by atoms with Crippen LogP contribution in [0.15, 0.2) is 24.3 Å². The zero-order valence-electron chi connectivity index (χ0n) is 18.3. The second-order valence-corrected chi connectivity index (χ2v) is 9.33. The summed E-state index contributed by atoms with van der Waals surface area (Å²) in [4.78, 5) is 10.5. The number of rotatable bonds is 13. The maximum Gasteiger partial charge on any atom is 0.303 e. The Kier molecular flexibility index (Phi) is 11.1. The van der Waals surface area contributed by atoms with Gasteiger partial charge in [0.2, 0.25) is 0 Å². The van der Waals surface area contributed by atoms with Crippen molar-refractivity contribution in [1.82, 2.24) is 0 Å². The van der Waals surface area contributed by atoms with Gasteiger partial charge in [-0.3, -0.25) is 4.79 Å². The summed E-state index contributed by atoms with van der Waals surface area (Å²) in [7, 11) is 0. The van der Waals surface area contributed by atoms with Crippen molar-refractivity contribution in [1.29, 1.82) is 0 Å². The van der Waals surface area contributed by atoms with Gasteiger partial charge >= 0.3 is 5.97 Å². The molecule has 0 aromatic rings. The van der Waals surface area contributed by atoms with Crippen LogP contribution < -0.4 is 0 Å². The Bertz CT molecular complexity index is 539. The zero-order valence-corrected chi connectivity index (χ0v) is 18.3. The first-order valence-corrected chi connectivity index (χ1v) is 10.7. The summed E-state index contributed by atoms with van der Waals surface area (Å²) in [6.07, 6.45) is 7.84. The van der Waals surface area contributed by atoms with E-state index in [1.54, 1.807) is 6.08 Å². The number of carboxylic acids is 1. The van der Waals surface area contributed by atoms with Crippen LogP contribution in [0.25, 0.3) is 0 Å². The topological polar surface area (TPSA) is 107 Å². The lowest BCUT2D eigenvalue weighted by atomic mass is 9.84. The van der Waals surface area contributed by atoms with Gasteiger partial charge in [-0.25, -0.2) is 0 Å². The molecule has 1 aliphatic carbocycles. The number of carbonyl (C=O) groups is 1. The number of hydrogen-bond donors (Lipinski definition) is 4. The van der Waals surface area contributed by atoms with Crippen LogP contribution in [0.3, 0.4) is 0 Å². The normalized spacial score (nSPS) is 26.8. The van der Waals surface area contributed by atoms with Crippen LogP contribution in [0.2, 0.25) is 0 Å². The highest BCUT2D eigenvalue weighted by Crippen LogP contribution is 2.37. The Labute approximate surface area is 175 Å². The fourth-order valence-electron chi connectivity index (χ4n) is 3.59. The number of allylic oxidation sites excluding steroid dienone is 2. The van der Waals surface area contributed by atoms with E-state index in [0.717, 1.165) is 0 Å². The van der Waals surface area contributed by atoms with Crippen LogP contribution in [0.4, 0.5) is 0 Å². The third kappa shape index (κ3) is 9.43. The van der Waals surface area contributed by atoms with Crippen molar-refractivity contribution in [3.8, 4) is 0 Å². The molecule has 168 valence electrons. The molecule has 0 aromatic carbocycles. The Hall–Kier alpha value is -1.21. The highest BCUT2D eigenvalue weighted by atomic mass is 16.5. The van der Waals surface area contributed by atoms with Crippen molar-refractivity contribution >= 4 is 5.97 Å². The number of unbranched alkanes of at least 4 members (excludes halogenated alkanes) is 1. The predicted octanol–water partition coefficient (Wildman–Crippen LogP) is 3.16. The molecular weight excluding hydrogens is 372 g/mol. The van der Waals surface area contributed by atoms with Gasteiger partial charge in [0, 0.05) is 30.8 Å². The predicted molar refractivity (Wildman–Crippen MR) is 113 cm³/mol. The SMILES string of the molecule is CC(C)COCC(C)(C)C(O)/C=C/[C@@H]1[C@@H](C/C=C\CCCC(=O)O)[C@@H](O)C[C@H]1O. The monoisotopic (exact) mass is 412 g/mol. The molecule has 1 fully saturated rings. The molecular formula is C23H40O6. The van der Waals surface area contributed by atoms with E-state index < -0.39 is 29.7 Å². The zero-order chi connectivity index (χ0) is 22.0. The van der Waals surface area contributed by atoms with Gasteiger partial charge < -0.3 is 25.2 Å². The second kappa shape index (κ2) is 12.5. The van der Waals surface area contributed by atoms with E-state index >= 15 is 0 Å². The van der Waals surface area contributed by atoms with Crippen LogP contribution >= 0.6 is 0 Å². The molecule has 5 atom stereocenters. The molecule has 29 heavy (non-hydrogen) atoms. The molecule has 1 unspecified atom stereocenters. The van der Waals surface area contributed by atoms with E-state index in [2.05, 4.69) is 13.8 Å². The van der Waals surface area contributed by atoms with Gasteiger partial charge in [-0.15, -0.1) is 0 Å². The minimum Gasteiger partial charge on any atom is -0.481 e. The maximum atomic E-state index is 10.6. The smallest absolute Gasteiger partial charge is 0.303 e. The molecule has 0 amide bonds. The van der Waals surface area contributed by atoms with Gasteiger partial charge in [0.15, 0.2) is 0 Å². The summed E-state index contributed by atoms with van der Waals surface area (Å²) in [5.41, 5.74) is -0.451. The van der Waals surface area contributed by atoms with Crippen LogP contribution in [0, 0.1) is 23.2 Å². The van der Waals surface area contributed by atoms with E-state index in [-0.39, 0.29) is 18.3 Å². The summed E-state index contributed by atoms with van der Waals surface area (Å²) in [6, 6.07) is 0. The number of carboxylic acid groups (broad SMARTS) is 1. The quantitative estimate of drug-likeness (QED) is 0.273. The van der Waals surface area contributed by atoms with Crippen molar-refractivity contribution in [2.75, 3.05) is 13.2 Å². The van der Waals surface area contributed by atoms with Gasteiger partial charge in [0.05, 0.1) is 24.9 Å². The van der Waals surface area contributed by atoms with Crippen molar-refractivity contribution in [3.63, 3.8) is 0 Å². The summed E-state index contributed by atoms with van der Waals surface area (Å²) in [6.45, 7) is 9.14. The Morgan fingerprint density at radius 3 is 2.52 bits per heavy atom. The van der Waals surface area contributed by atoms with E-state index in [0.29, 0.717) is 44.8 Å². The second-order valence-electron chi connectivity index (χ2n) is 9.33. The average Bonchev–Trinajstić information content (AvgIpc) is 2.87. The van der Waals surface area contributed by atoms with Crippen LogP contribution in [-0.4, -0.2) is 57.9 Å². The molecule has 0 spiro atoms. The molecule has 0 aliphatic heterocycles. The summed E-state index contributed by atoms with van der Waals surface area (Å²) < 4.78 is 5.68. The lowest BCUT2D eigenvalue weighted by molar-refractivity contribution is -0.137. The first-order valence-electron chi connectivity index (χ1n) is 10.7. The summed E-state index contributed by atoms with van der Waals surface area (Å²) >= 11 is 0. The first kappa shape index (κ1) is 25.8. The third-order valence-electron chi connectivity index (χ3n) is 5.49. The summed E-state index contributed by atoms with van der Waals surface area (Å²) in [5, 5.41) is 39.9. The Balaban J connectivity index is 2.61. The molecule has 0 saturated heterocycles. The van der Waals surface area contributed by atoms with Gasteiger partial charge in [0.1, 0.15) is 0 Å². The molecule has 1 rings (SSSR count). The van der Waals surface area contributed by atoms with Gasteiger partial charge in [-0.05, 0) is 31.1 Å². The fraction of sp³-hybridized carbons (Fsp3) is 0.783. The number of aliphatic carboxylic acids is 1. The number of aliphatic hydroxyl groups is 3. The maximum absolute atomic E-state index is 10.6. The Morgan fingerprint density at radius 1 is 1.21 bits per heavy atom. The molecule has 0 heterocycles. The minimum absolute atomic E-state index is 0.121. The number of ether oxygens (including phenoxy) is 1. The molecule has 0 aromatic heterocycles. The first-order chi connectivity index (χ1) is 13.5. The third-order valence-corrected chi connectivity index (χ3v) is 5.49. The van der Waals surface area contributed by atoms with Gasteiger partial charge in [-0.2, -0.15) is 0 Å². The van der Waals surface area contributed by atoms with E-state index in [1.165, 1.54) is 0 Å². The number of aliphatic hydroxyl groups excluding tert-OH is 3. The van der Waals surface area contributed by atoms with Crippen LogP contribution in [-0.2, 0) is 9.53 Å². The molecule has 0 radical (unpaired) electrons. The molecule has 4 N–H and O–H groups in total. The van der Waals surface area contributed by atoms with Crippen molar-refractivity contribution in [2.45, 2.75) is 78.1 Å². The van der Waals surface area contributed by atoms with Gasteiger partial charge in [-0.1, -0.05) is 52.0 Å². The highest BCUT2D eigenvalue weighted by molar-refractivity contribution is 5.66. The largest absolute Gasteiger partial charge is 0.481 e. The summed E-state index contributed by atoms with van der Waals surface area (Å²) in [5.74, 6) is -0.708. The van der Waals surface area contributed by atoms with E-state index in [4.69, 9.17) is 9.84 Å². The molecule has 1 saturated carbocycles. The molecule has 6 heteroatoms. The molecule has 0 bridgehead atoms. The van der Waals surface area contributed by atoms with Crippen molar-refractivity contribution in [3.05, 3.63) is 24.3 Å². The lowest BCUT2D eigenvalue weighted by Crippen LogP contribution is -2.33. The Morgan fingerprint density at radius 2 is 1.90 bits per heavy atom. The number of hydrogen-bond acceptors (Lipinski definition) is 5. The van der Waals surface area contributed by atoms with E-state index in [1.807, 2.05) is 32.1 Å². The fourth-order valence-corrected chi connectivity index (χ4v) is 3.59. The van der Waals surface area contributed by atoms with Crippen molar-refractivity contribution in [2.24, 2.45) is 23.2 Å². The van der Waals surface area contributed by atoms with Crippen LogP contribution in [0.1, 0.15) is 59.8 Å². The minimum atomic E-state index is -0.797. The van der Waals surface area contributed by atoms with Crippen molar-refractivity contribution < 1.29 is 30.0 Å². The standard InChI is InChI=1S/C23H40O6/c1-16(2)14-29-15-23(3,4)21(26)12-11-18-17(19(24)13-20(18)25)9-7-5-6-8-10-22(27)28/h5,7,11-12,16-21,24-26H,6,8-10,13-15H2,1-4H3,(H,27,28)/b7-5-,12-11+/t17-,18-,19+,20-,21?/m1/s1. The lowest BCUT2D eigenvalue weighted by Gasteiger charge is -2.29. The molecule has 6 nitrogen and oxygen atoms in total. The highest BCUT2D eigenvalue weighted by Gasteiger charge is 2.39. The van der Waals surface area contributed by atoms with Gasteiger partial charge in [0.25, 0.3) is 0 Å². The molecule has 1 aliphatic rings.